The highest BCUT2D eigenvalue weighted by Gasteiger charge is 2.47. The van der Waals surface area contributed by atoms with Crippen molar-refractivity contribution >= 4 is 8.07 Å². The van der Waals surface area contributed by atoms with E-state index in [1.165, 1.54) is 0 Å². The Balaban J connectivity index is 5.04. The molecule has 0 unspecified atom stereocenters. The second-order valence-corrected chi connectivity index (χ2v) is 12.5. The van der Waals surface area contributed by atoms with Gasteiger partial charge >= 0.3 is 0 Å². The van der Waals surface area contributed by atoms with Crippen molar-refractivity contribution in [2.45, 2.75) is 66.2 Å². The number of rotatable bonds is 3. The van der Waals surface area contributed by atoms with Crippen LogP contribution in [0.4, 0.5) is 0 Å². The minimum atomic E-state index is -1.08. The molecule has 0 rings (SSSR count). The zero-order chi connectivity index (χ0) is 11.1. The summed E-state index contributed by atoms with van der Waals surface area (Å²) in [6, 6.07) is 0. The maximum absolute atomic E-state index is 2.48. The topological polar surface area (TPSA) is 0 Å². The maximum atomic E-state index is 2.48. The van der Waals surface area contributed by atoms with Gasteiger partial charge < -0.3 is 0 Å². The van der Waals surface area contributed by atoms with Crippen molar-refractivity contribution in [1.29, 1.82) is 0 Å². The van der Waals surface area contributed by atoms with Crippen LogP contribution < -0.4 is 0 Å². The van der Waals surface area contributed by atoms with Gasteiger partial charge in [-0.05, 0) is 16.4 Å². The molecule has 0 N–H and O–H groups in total. The molecule has 13 heavy (non-hydrogen) atoms. The van der Waals surface area contributed by atoms with Gasteiger partial charge in [0.15, 0.2) is 0 Å². The van der Waals surface area contributed by atoms with Gasteiger partial charge in [0.1, 0.15) is 0 Å². The summed E-state index contributed by atoms with van der Waals surface area (Å²) in [5.41, 5.74) is 0.442. The second-order valence-electron chi connectivity index (χ2n) is 6.75. The lowest BCUT2D eigenvalue weighted by molar-refractivity contribution is 0.171. The van der Waals surface area contributed by atoms with Crippen molar-refractivity contribution in [3.05, 3.63) is 0 Å². The molecule has 0 saturated heterocycles. The first-order valence-electron chi connectivity index (χ1n) is 5.44. The number of hydrogen-bond donors (Lipinski definition) is 0. The molecular formula is C12H28Si. The Morgan fingerprint density at radius 3 is 1.23 bits per heavy atom. The van der Waals surface area contributed by atoms with E-state index in [2.05, 4.69) is 61.2 Å². The molecule has 80 valence electrons. The number of hydrogen-bond acceptors (Lipinski definition) is 0. The zero-order valence-electron chi connectivity index (χ0n) is 11.1. The molecule has 0 aromatic heterocycles. The molecule has 0 spiro atoms. The maximum Gasteiger partial charge on any atom is 0.0505 e. The van der Waals surface area contributed by atoms with E-state index < -0.39 is 8.07 Å². The lowest BCUT2D eigenvalue weighted by atomic mass is 9.71. The van der Waals surface area contributed by atoms with Crippen LogP contribution in [-0.4, -0.2) is 8.07 Å². The third kappa shape index (κ3) is 2.17. The van der Waals surface area contributed by atoms with Crippen LogP contribution in [0.2, 0.25) is 24.7 Å². The van der Waals surface area contributed by atoms with E-state index in [0.717, 1.165) is 5.92 Å². The van der Waals surface area contributed by atoms with Gasteiger partial charge in [-0.2, -0.15) is 0 Å². The SMILES string of the molecule is CC(C)C(C)(C)C(C)(C)[Si](C)(C)C. The van der Waals surface area contributed by atoms with Crippen molar-refractivity contribution in [2.24, 2.45) is 11.3 Å². The molecule has 0 amide bonds. The predicted octanol–water partition coefficient (Wildman–Crippen LogP) is 4.79. The first kappa shape index (κ1) is 13.2. The summed E-state index contributed by atoms with van der Waals surface area (Å²) in [4.78, 5) is 0. The Hall–Kier alpha value is 0.217. The van der Waals surface area contributed by atoms with Gasteiger partial charge in [0.2, 0.25) is 0 Å². The standard InChI is InChI=1S/C12H28Si/c1-10(2)11(3,4)12(5,6)13(7,8)9/h10H,1-9H3. The monoisotopic (exact) mass is 200 g/mol. The molecular weight excluding hydrogens is 172 g/mol. The van der Waals surface area contributed by atoms with Gasteiger partial charge in [-0.1, -0.05) is 61.2 Å². The lowest BCUT2D eigenvalue weighted by Gasteiger charge is -2.52. The van der Waals surface area contributed by atoms with Gasteiger partial charge in [0.25, 0.3) is 0 Å². The smallest absolute Gasteiger partial charge is 0.0505 e. The van der Waals surface area contributed by atoms with Gasteiger partial charge in [-0.25, -0.2) is 0 Å². The fraction of sp³-hybridized carbons (Fsp3) is 1.00. The van der Waals surface area contributed by atoms with E-state index in [9.17, 15) is 0 Å². The van der Waals surface area contributed by atoms with Crippen molar-refractivity contribution in [3.8, 4) is 0 Å². The molecule has 0 aromatic rings. The van der Waals surface area contributed by atoms with Crippen molar-refractivity contribution in [3.63, 3.8) is 0 Å². The average Bonchev–Trinajstić information content (AvgIpc) is 1.84. The molecule has 0 radical (unpaired) electrons. The first-order chi connectivity index (χ1) is 5.44. The van der Waals surface area contributed by atoms with E-state index >= 15 is 0 Å². The minimum absolute atomic E-state index is 0.442. The van der Waals surface area contributed by atoms with Crippen LogP contribution in [0.1, 0.15) is 41.5 Å². The molecule has 0 atom stereocenters. The van der Waals surface area contributed by atoms with Crippen LogP contribution in [0.25, 0.3) is 0 Å². The molecule has 0 aliphatic heterocycles. The van der Waals surface area contributed by atoms with Crippen LogP contribution in [0.3, 0.4) is 0 Å². The molecule has 0 aliphatic rings. The van der Waals surface area contributed by atoms with E-state index in [1.807, 2.05) is 0 Å². The Kier molecular flexibility index (Phi) is 3.47. The molecule has 0 bridgehead atoms. The summed E-state index contributed by atoms with van der Waals surface area (Å²) in [5.74, 6) is 0.759. The van der Waals surface area contributed by atoms with Crippen molar-refractivity contribution < 1.29 is 0 Å². The Morgan fingerprint density at radius 2 is 1.15 bits per heavy atom. The third-order valence-electron chi connectivity index (χ3n) is 4.93. The summed E-state index contributed by atoms with van der Waals surface area (Å²) in [7, 11) is -1.08. The molecule has 0 aromatic carbocycles. The molecule has 0 saturated carbocycles. The summed E-state index contributed by atoms with van der Waals surface area (Å²) in [6.07, 6.45) is 0. The minimum Gasteiger partial charge on any atom is -0.0691 e. The fourth-order valence-electron chi connectivity index (χ4n) is 1.69. The van der Waals surface area contributed by atoms with Gasteiger partial charge in [0, 0.05) is 0 Å². The molecule has 0 aliphatic carbocycles. The molecule has 0 fully saturated rings. The van der Waals surface area contributed by atoms with Crippen LogP contribution in [0, 0.1) is 11.3 Å². The lowest BCUT2D eigenvalue weighted by Crippen LogP contribution is -2.47. The Bertz CT molecular complexity index is 170. The summed E-state index contributed by atoms with van der Waals surface area (Å²) in [6.45, 7) is 21.9. The summed E-state index contributed by atoms with van der Waals surface area (Å²) >= 11 is 0. The van der Waals surface area contributed by atoms with E-state index in [0.29, 0.717) is 10.5 Å². The van der Waals surface area contributed by atoms with Crippen LogP contribution in [0.5, 0.6) is 0 Å². The Morgan fingerprint density at radius 1 is 0.846 bits per heavy atom. The van der Waals surface area contributed by atoms with Crippen molar-refractivity contribution in [1.82, 2.24) is 0 Å². The predicted molar refractivity (Wildman–Crippen MR) is 66.0 cm³/mol. The fourth-order valence-corrected chi connectivity index (χ4v) is 3.91. The highest BCUT2D eigenvalue weighted by atomic mass is 28.3. The molecule has 0 heterocycles. The summed E-state index contributed by atoms with van der Waals surface area (Å²) in [5, 5.41) is 0.494. The van der Waals surface area contributed by atoms with Crippen LogP contribution in [-0.2, 0) is 0 Å². The largest absolute Gasteiger partial charge is 0.0691 e. The van der Waals surface area contributed by atoms with Gasteiger partial charge in [-0.3, -0.25) is 0 Å². The second kappa shape index (κ2) is 3.41. The van der Waals surface area contributed by atoms with E-state index in [1.54, 1.807) is 0 Å². The van der Waals surface area contributed by atoms with Crippen LogP contribution >= 0.6 is 0 Å². The average molecular weight is 200 g/mol. The van der Waals surface area contributed by atoms with Crippen molar-refractivity contribution in [2.75, 3.05) is 0 Å². The Labute approximate surface area is 86.1 Å². The normalized spacial score (nSPS) is 15.2. The third-order valence-corrected chi connectivity index (χ3v) is 9.32. The van der Waals surface area contributed by atoms with Crippen LogP contribution in [0.15, 0.2) is 0 Å². The highest BCUT2D eigenvalue weighted by Crippen LogP contribution is 2.55. The zero-order valence-corrected chi connectivity index (χ0v) is 12.1. The van der Waals surface area contributed by atoms with Gasteiger partial charge in [0.05, 0.1) is 8.07 Å². The summed E-state index contributed by atoms with van der Waals surface area (Å²) < 4.78 is 0. The highest BCUT2D eigenvalue weighted by molar-refractivity contribution is 6.79. The van der Waals surface area contributed by atoms with E-state index in [-0.39, 0.29) is 0 Å². The molecule has 1 heteroatoms. The first-order valence-corrected chi connectivity index (χ1v) is 8.94. The molecule has 0 nitrogen and oxygen atoms in total. The van der Waals surface area contributed by atoms with Gasteiger partial charge in [-0.15, -0.1) is 0 Å². The van der Waals surface area contributed by atoms with E-state index in [4.69, 9.17) is 0 Å². The quantitative estimate of drug-likeness (QED) is 0.575.